The SMILES string of the molecule is Cc1cccnc1CNC(=O)N[C@@H](CO)C(=O)O. The molecule has 1 heterocycles. The molecule has 7 heteroatoms. The number of amides is 2. The van der Waals surface area contributed by atoms with Crippen LogP contribution in [-0.4, -0.2) is 39.8 Å². The van der Waals surface area contributed by atoms with Crippen LogP contribution in [0.1, 0.15) is 11.3 Å². The Hall–Kier alpha value is -2.15. The minimum atomic E-state index is -1.31. The molecule has 4 N–H and O–H groups in total. The topological polar surface area (TPSA) is 112 Å². The lowest BCUT2D eigenvalue weighted by molar-refractivity contribution is -0.140. The van der Waals surface area contributed by atoms with E-state index in [0.717, 1.165) is 5.56 Å². The summed E-state index contributed by atoms with van der Waals surface area (Å²) in [5.74, 6) is -1.29. The van der Waals surface area contributed by atoms with E-state index in [1.807, 2.05) is 13.0 Å². The number of urea groups is 1. The van der Waals surface area contributed by atoms with Crippen LogP contribution in [0.5, 0.6) is 0 Å². The van der Waals surface area contributed by atoms with E-state index in [4.69, 9.17) is 10.2 Å². The Kier molecular flexibility index (Phi) is 5.06. The van der Waals surface area contributed by atoms with Gasteiger partial charge >= 0.3 is 12.0 Å². The summed E-state index contributed by atoms with van der Waals surface area (Å²) in [4.78, 5) is 26.0. The largest absolute Gasteiger partial charge is 0.480 e. The normalized spacial score (nSPS) is 11.7. The zero-order valence-electron chi connectivity index (χ0n) is 9.88. The molecule has 0 bridgehead atoms. The van der Waals surface area contributed by atoms with Crippen molar-refractivity contribution >= 4 is 12.0 Å². The van der Waals surface area contributed by atoms with E-state index >= 15 is 0 Å². The maximum Gasteiger partial charge on any atom is 0.328 e. The molecule has 0 unspecified atom stereocenters. The first-order valence-electron chi connectivity index (χ1n) is 5.33. The quantitative estimate of drug-likeness (QED) is 0.572. The van der Waals surface area contributed by atoms with Gasteiger partial charge in [-0.2, -0.15) is 0 Å². The zero-order valence-corrected chi connectivity index (χ0v) is 9.88. The van der Waals surface area contributed by atoms with Gasteiger partial charge in [0.25, 0.3) is 0 Å². The Morgan fingerprint density at radius 3 is 2.78 bits per heavy atom. The summed E-state index contributed by atoms with van der Waals surface area (Å²) in [5, 5.41) is 22.0. The molecule has 2 amide bonds. The summed E-state index contributed by atoms with van der Waals surface area (Å²) in [5.41, 5.74) is 1.62. The minimum Gasteiger partial charge on any atom is -0.480 e. The van der Waals surface area contributed by atoms with E-state index in [1.165, 1.54) is 0 Å². The Bertz CT molecular complexity index is 436. The number of aromatic nitrogens is 1. The lowest BCUT2D eigenvalue weighted by Gasteiger charge is -2.12. The van der Waals surface area contributed by atoms with E-state index in [-0.39, 0.29) is 6.54 Å². The number of hydrogen-bond acceptors (Lipinski definition) is 4. The molecule has 0 saturated heterocycles. The molecule has 0 aliphatic rings. The Labute approximate surface area is 104 Å². The number of carbonyl (C=O) groups excluding carboxylic acids is 1. The number of pyridine rings is 1. The van der Waals surface area contributed by atoms with Gasteiger partial charge in [-0.3, -0.25) is 4.98 Å². The highest BCUT2D eigenvalue weighted by atomic mass is 16.4. The predicted octanol–water partition coefficient (Wildman–Crippen LogP) is -0.365. The van der Waals surface area contributed by atoms with E-state index in [0.29, 0.717) is 5.69 Å². The highest BCUT2D eigenvalue weighted by Gasteiger charge is 2.18. The van der Waals surface area contributed by atoms with Crippen LogP contribution in [0.3, 0.4) is 0 Å². The van der Waals surface area contributed by atoms with Crippen molar-refractivity contribution in [1.29, 1.82) is 0 Å². The van der Waals surface area contributed by atoms with Crippen LogP contribution >= 0.6 is 0 Å². The Balaban J connectivity index is 2.47. The fraction of sp³-hybridized carbons (Fsp3) is 0.364. The van der Waals surface area contributed by atoms with Gasteiger partial charge in [-0.05, 0) is 18.6 Å². The fourth-order valence-corrected chi connectivity index (χ4v) is 1.26. The second kappa shape index (κ2) is 6.55. The van der Waals surface area contributed by atoms with Crippen LogP contribution in [0.4, 0.5) is 4.79 Å². The van der Waals surface area contributed by atoms with Crippen molar-refractivity contribution in [2.45, 2.75) is 19.5 Å². The Morgan fingerprint density at radius 2 is 2.22 bits per heavy atom. The number of carboxylic acids is 1. The average Bonchev–Trinajstić information content (AvgIpc) is 2.34. The molecule has 0 radical (unpaired) electrons. The lowest BCUT2D eigenvalue weighted by atomic mass is 10.2. The van der Waals surface area contributed by atoms with E-state index in [2.05, 4.69) is 15.6 Å². The number of carboxylic acid groups (broad SMARTS) is 1. The molecular weight excluding hydrogens is 238 g/mol. The van der Waals surface area contributed by atoms with E-state index < -0.39 is 24.6 Å². The van der Waals surface area contributed by atoms with Gasteiger partial charge in [-0.15, -0.1) is 0 Å². The van der Waals surface area contributed by atoms with Crippen molar-refractivity contribution in [3.63, 3.8) is 0 Å². The second-order valence-electron chi connectivity index (χ2n) is 3.67. The zero-order chi connectivity index (χ0) is 13.5. The fourth-order valence-electron chi connectivity index (χ4n) is 1.26. The molecule has 98 valence electrons. The van der Waals surface area contributed by atoms with Crippen molar-refractivity contribution in [2.75, 3.05) is 6.61 Å². The van der Waals surface area contributed by atoms with Crippen LogP contribution in [0.2, 0.25) is 0 Å². The molecule has 0 aliphatic carbocycles. The number of rotatable bonds is 5. The number of nitrogens with one attached hydrogen (secondary N) is 2. The van der Waals surface area contributed by atoms with Crippen molar-refractivity contribution in [2.24, 2.45) is 0 Å². The highest BCUT2D eigenvalue weighted by Crippen LogP contribution is 2.01. The second-order valence-corrected chi connectivity index (χ2v) is 3.67. The van der Waals surface area contributed by atoms with E-state index in [1.54, 1.807) is 12.3 Å². The van der Waals surface area contributed by atoms with Crippen LogP contribution in [0.15, 0.2) is 18.3 Å². The first kappa shape index (κ1) is 13.9. The summed E-state index contributed by atoms with van der Waals surface area (Å²) in [6.07, 6.45) is 1.61. The van der Waals surface area contributed by atoms with Crippen molar-refractivity contribution in [1.82, 2.24) is 15.6 Å². The minimum absolute atomic E-state index is 0.191. The third-order valence-corrected chi connectivity index (χ3v) is 2.32. The molecule has 18 heavy (non-hydrogen) atoms. The molecule has 7 nitrogen and oxygen atoms in total. The maximum atomic E-state index is 11.4. The predicted molar refractivity (Wildman–Crippen MR) is 62.9 cm³/mol. The van der Waals surface area contributed by atoms with Gasteiger partial charge in [0.15, 0.2) is 6.04 Å². The number of aryl methyl sites for hydroxylation is 1. The maximum absolute atomic E-state index is 11.4. The molecule has 0 aromatic carbocycles. The summed E-state index contributed by atoms with van der Waals surface area (Å²) in [7, 11) is 0. The van der Waals surface area contributed by atoms with Gasteiger partial charge in [0.2, 0.25) is 0 Å². The van der Waals surface area contributed by atoms with Crippen molar-refractivity contribution in [3.8, 4) is 0 Å². The van der Waals surface area contributed by atoms with Crippen molar-refractivity contribution in [3.05, 3.63) is 29.6 Å². The first-order chi connectivity index (χ1) is 8.54. The summed E-state index contributed by atoms with van der Waals surface area (Å²) < 4.78 is 0. The number of nitrogens with zero attached hydrogens (tertiary/aromatic N) is 1. The van der Waals surface area contributed by atoms with Gasteiger partial charge in [-0.1, -0.05) is 6.07 Å². The standard InChI is InChI=1S/C11H15N3O4/c1-7-3-2-4-12-8(7)5-13-11(18)14-9(6-15)10(16)17/h2-4,9,15H,5-6H2,1H3,(H,16,17)(H2,13,14,18)/t9-/m0/s1. The Morgan fingerprint density at radius 1 is 1.50 bits per heavy atom. The third kappa shape index (κ3) is 4.02. The monoisotopic (exact) mass is 253 g/mol. The average molecular weight is 253 g/mol. The van der Waals surface area contributed by atoms with Crippen molar-refractivity contribution < 1.29 is 19.8 Å². The number of carbonyl (C=O) groups is 2. The molecule has 0 spiro atoms. The van der Waals surface area contributed by atoms with Gasteiger partial charge in [0.1, 0.15) is 0 Å². The van der Waals surface area contributed by atoms with Gasteiger partial charge < -0.3 is 20.8 Å². The molecule has 1 atom stereocenters. The summed E-state index contributed by atoms with van der Waals surface area (Å²) in [6.45, 7) is 1.39. The third-order valence-electron chi connectivity index (χ3n) is 2.32. The van der Waals surface area contributed by atoms with Crippen LogP contribution in [-0.2, 0) is 11.3 Å². The number of aliphatic hydroxyl groups is 1. The molecule has 1 aromatic heterocycles. The lowest BCUT2D eigenvalue weighted by Crippen LogP contribution is -2.47. The molecule has 0 saturated carbocycles. The van der Waals surface area contributed by atoms with Gasteiger partial charge in [-0.25, -0.2) is 9.59 Å². The summed E-state index contributed by atoms with van der Waals surface area (Å²) in [6, 6.07) is 1.66. The number of aliphatic carboxylic acids is 1. The van der Waals surface area contributed by atoms with Gasteiger partial charge in [0, 0.05) is 6.20 Å². The van der Waals surface area contributed by atoms with E-state index in [9.17, 15) is 9.59 Å². The smallest absolute Gasteiger partial charge is 0.328 e. The first-order valence-corrected chi connectivity index (χ1v) is 5.33. The molecule has 0 fully saturated rings. The van der Waals surface area contributed by atoms with Crippen LogP contribution in [0.25, 0.3) is 0 Å². The number of aliphatic hydroxyl groups excluding tert-OH is 1. The molecule has 1 aromatic rings. The van der Waals surface area contributed by atoms with Crippen LogP contribution < -0.4 is 10.6 Å². The summed E-state index contributed by atoms with van der Waals surface area (Å²) >= 11 is 0. The number of hydrogen-bond donors (Lipinski definition) is 4. The van der Waals surface area contributed by atoms with Crippen LogP contribution in [0, 0.1) is 6.92 Å². The molecular formula is C11H15N3O4. The van der Waals surface area contributed by atoms with Gasteiger partial charge in [0.05, 0.1) is 18.8 Å². The molecule has 0 aliphatic heterocycles. The highest BCUT2D eigenvalue weighted by molar-refractivity contribution is 5.82. The molecule has 1 rings (SSSR count).